The fraction of sp³-hybridized carbons (Fsp3) is 0.632. The Balaban J connectivity index is 1.49. The SMILES string of the molecule is CN(CC1CC(O)C1)C(=O)[C@@H]1[C@@H]2CC[C@@]1(c1ccc(Br)cc1)C2. The number of hydrogen-bond acceptors (Lipinski definition) is 2. The van der Waals surface area contributed by atoms with E-state index in [0.29, 0.717) is 17.7 Å². The molecule has 1 aromatic rings. The van der Waals surface area contributed by atoms with Crippen LogP contribution < -0.4 is 0 Å². The second-order valence-corrected chi connectivity index (χ2v) is 8.77. The van der Waals surface area contributed by atoms with E-state index in [-0.39, 0.29) is 17.4 Å². The maximum absolute atomic E-state index is 13.0. The minimum absolute atomic E-state index is 0.0792. The molecule has 0 spiro atoms. The minimum Gasteiger partial charge on any atom is -0.393 e. The molecule has 1 aromatic carbocycles. The van der Waals surface area contributed by atoms with Crippen LogP contribution >= 0.6 is 15.9 Å². The molecule has 1 amide bonds. The number of nitrogens with zero attached hydrogens (tertiary/aromatic N) is 1. The summed E-state index contributed by atoms with van der Waals surface area (Å²) in [5, 5.41) is 9.44. The van der Waals surface area contributed by atoms with Gasteiger partial charge in [-0.25, -0.2) is 0 Å². The molecule has 23 heavy (non-hydrogen) atoms. The molecule has 0 aliphatic heterocycles. The Morgan fingerprint density at radius 3 is 2.65 bits per heavy atom. The molecule has 0 aromatic heterocycles. The summed E-state index contributed by atoms with van der Waals surface area (Å²) < 4.78 is 1.09. The van der Waals surface area contributed by atoms with Crippen LogP contribution in [0.25, 0.3) is 0 Å². The zero-order chi connectivity index (χ0) is 16.2. The molecule has 0 radical (unpaired) electrons. The summed E-state index contributed by atoms with van der Waals surface area (Å²) in [6, 6.07) is 8.57. The van der Waals surface area contributed by atoms with Gasteiger partial charge in [-0.15, -0.1) is 0 Å². The molecule has 4 aliphatic rings. The molecular weight excluding hydrogens is 354 g/mol. The van der Waals surface area contributed by atoms with E-state index in [9.17, 15) is 9.90 Å². The lowest BCUT2D eigenvalue weighted by Crippen LogP contribution is -2.53. The lowest BCUT2D eigenvalue weighted by atomic mass is 9.56. The van der Waals surface area contributed by atoms with Crippen LogP contribution in [0, 0.1) is 17.8 Å². The summed E-state index contributed by atoms with van der Waals surface area (Å²) >= 11 is 3.50. The largest absolute Gasteiger partial charge is 0.393 e. The van der Waals surface area contributed by atoms with E-state index >= 15 is 0 Å². The third-order valence-corrected chi connectivity index (χ3v) is 6.99. The Morgan fingerprint density at radius 1 is 1.35 bits per heavy atom. The second-order valence-electron chi connectivity index (χ2n) is 7.85. The molecule has 0 heterocycles. The van der Waals surface area contributed by atoms with E-state index in [1.807, 2.05) is 11.9 Å². The Hall–Kier alpha value is -0.870. The van der Waals surface area contributed by atoms with Gasteiger partial charge in [0.05, 0.1) is 12.0 Å². The highest BCUT2D eigenvalue weighted by atomic mass is 79.9. The maximum atomic E-state index is 13.0. The zero-order valence-corrected chi connectivity index (χ0v) is 15.1. The Bertz CT molecular complexity index is 606. The van der Waals surface area contributed by atoms with E-state index in [0.717, 1.165) is 30.3 Å². The standard InChI is InChI=1S/C19H24BrNO2/c1-21(11-12-8-16(22)9-12)18(23)17-13-6-7-19(17,10-13)14-2-4-15(20)5-3-14/h2-5,12-13,16-17,22H,6-11H2,1H3/t12?,13-,16?,17+,19+/m1/s1. The quantitative estimate of drug-likeness (QED) is 0.873. The summed E-state index contributed by atoms with van der Waals surface area (Å²) in [5.74, 6) is 1.54. The molecule has 4 heteroatoms. The van der Waals surface area contributed by atoms with Gasteiger partial charge in [0, 0.05) is 23.5 Å². The van der Waals surface area contributed by atoms with Crippen LogP contribution in [0.3, 0.4) is 0 Å². The molecule has 124 valence electrons. The van der Waals surface area contributed by atoms with Gasteiger partial charge in [-0.1, -0.05) is 28.1 Å². The van der Waals surface area contributed by atoms with Crippen molar-refractivity contribution in [2.24, 2.45) is 17.8 Å². The third-order valence-electron chi connectivity index (χ3n) is 6.46. The number of benzene rings is 1. The first-order chi connectivity index (χ1) is 11.0. The predicted octanol–water partition coefficient (Wildman–Crippen LogP) is 3.35. The first-order valence-corrected chi connectivity index (χ1v) is 9.48. The number of rotatable bonds is 4. The molecule has 5 rings (SSSR count). The van der Waals surface area contributed by atoms with E-state index in [4.69, 9.17) is 0 Å². The van der Waals surface area contributed by atoms with Crippen LogP contribution in [0.5, 0.6) is 0 Å². The van der Waals surface area contributed by atoms with Crippen molar-refractivity contribution in [3.63, 3.8) is 0 Å². The van der Waals surface area contributed by atoms with Crippen LogP contribution in [0.2, 0.25) is 0 Å². The Labute approximate surface area is 146 Å². The highest BCUT2D eigenvalue weighted by molar-refractivity contribution is 9.10. The van der Waals surface area contributed by atoms with E-state index < -0.39 is 0 Å². The molecule has 3 nitrogen and oxygen atoms in total. The van der Waals surface area contributed by atoms with Gasteiger partial charge in [0.2, 0.25) is 5.91 Å². The highest BCUT2D eigenvalue weighted by Crippen LogP contribution is 2.64. The number of aliphatic hydroxyl groups excluding tert-OH is 1. The van der Waals surface area contributed by atoms with E-state index in [2.05, 4.69) is 40.2 Å². The van der Waals surface area contributed by atoms with Crippen molar-refractivity contribution in [1.29, 1.82) is 0 Å². The average molecular weight is 378 g/mol. The smallest absolute Gasteiger partial charge is 0.226 e. The molecule has 1 N–H and O–H groups in total. The fourth-order valence-electron chi connectivity index (χ4n) is 5.20. The highest BCUT2D eigenvalue weighted by Gasteiger charge is 2.63. The number of halogens is 1. The summed E-state index contributed by atoms with van der Waals surface area (Å²) in [5.41, 5.74) is 1.41. The summed E-state index contributed by atoms with van der Waals surface area (Å²) in [6.07, 6.45) is 5.06. The van der Waals surface area contributed by atoms with Gasteiger partial charge in [0.1, 0.15) is 0 Å². The van der Waals surface area contributed by atoms with Crippen LogP contribution in [0.1, 0.15) is 37.7 Å². The summed E-state index contributed by atoms with van der Waals surface area (Å²) in [7, 11) is 1.94. The fourth-order valence-corrected chi connectivity index (χ4v) is 5.46. The van der Waals surface area contributed by atoms with Crippen LogP contribution in [0.4, 0.5) is 0 Å². The molecule has 4 aliphatic carbocycles. The number of carbonyl (C=O) groups excluding carboxylic acids is 1. The van der Waals surface area contributed by atoms with Gasteiger partial charge in [-0.2, -0.15) is 0 Å². The van der Waals surface area contributed by atoms with Crippen molar-refractivity contribution in [1.82, 2.24) is 4.90 Å². The van der Waals surface area contributed by atoms with Crippen LogP contribution in [0.15, 0.2) is 28.7 Å². The topological polar surface area (TPSA) is 40.5 Å². The third kappa shape index (κ3) is 2.45. The normalized spacial score (nSPS) is 37.9. The van der Waals surface area contributed by atoms with Crippen molar-refractivity contribution < 1.29 is 9.90 Å². The van der Waals surface area contributed by atoms with Gasteiger partial charge in [-0.3, -0.25) is 4.79 Å². The molecule has 3 atom stereocenters. The number of amides is 1. The van der Waals surface area contributed by atoms with Crippen molar-refractivity contribution in [2.75, 3.05) is 13.6 Å². The number of hydrogen-bond donors (Lipinski definition) is 1. The average Bonchev–Trinajstić information content (AvgIpc) is 3.06. The first-order valence-electron chi connectivity index (χ1n) is 8.69. The second kappa shape index (κ2) is 5.59. The maximum Gasteiger partial charge on any atom is 0.226 e. The molecule has 4 fully saturated rings. The lowest BCUT2D eigenvalue weighted by Gasteiger charge is -2.49. The zero-order valence-electron chi connectivity index (χ0n) is 13.5. The van der Waals surface area contributed by atoms with Gasteiger partial charge < -0.3 is 10.0 Å². The summed E-state index contributed by atoms with van der Waals surface area (Å²) in [4.78, 5) is 15.0. The lowest BCUT2D eigenvalue weighted by molar-refractivity contribution is -0.144. The van der Waals surface area contributed by atoms with Crippen molar-refractivity contribution in [3.8, 4) is 0 Å². The van der Waals surface area contributed by atoms with Crippen molar-refractivity contribution in [3.05, 3.63) is 34.3 Å². The van der Waals surface area contributed by atoms with Crippen molar-refractivity contribution in [2.45, 2.75) is 43.6 Å². The first kappa shape index (κ1) is 15.6. The molecule has 0 saturated heterocycles. The van der Waals surface area contributed by atoms with Gasteiger partial charge in [0.15, 0.2) is 0 Å². The Kier molecular flexibility index (Phi) is 3.80. The molecule has 0 unspecified atom stereocenters. The van der Waals surface area contributed by atoms with Gasteiger partial charge in [0.25, 0.3) is 0 Å². The van der Waals surface area contributed by atoms with Crippen molar-refractivity contribution >= 4 is 21.8 Å². The van der Waals surface area contributed by atoms with E-state index in [1.54, 1.807) is 0 Å². The number of aliphatic hydroxyl groups is 1. The monoisotopic (exact) mass is 377 g/mol. The van der Waals surface area contributed by atoms with Crippen LogP contribution in [-0.4, -0.2) is 35.6 Å². The van der Waals surface area contributed by atoms with Gasteiger partial charge in [-0.05, 0) is 61.6 Å². The minimum atomic E-state index is -0.141. The van der Waals surface area contributed by atoms with E-state index in [1.165, 1.54) is 18.4 Å². The number of fused-ring (bicyclic) bond motifs is 1. The van der Waals surface area contributed by atoms with Crippen LogP contribution in [-0.2, 0) is 10.2 Å². The van der Waals surface area contributed by atoms with Gasteiger partial charge >= 0.3 is 0 Å². The predicted molar refractivity (Wildman–Crippen MR) is 93.0 cm³/mol. The molecule has 2 bridgehead atoms. The number of carbonyl (C=O) groups is 1. The molecule has 4 saturated carbocycles. The molecular formula is C19H24BrNO2. The Morgan fingerprint density at radius 2 is 2.04 bits per heavy atom. The summed E-state index contributed by atoms with van der Waals surface area (Å²) in [6.45, 7) is 0.801.